The molecule has 1 aromatic heterocycles. The average Bonchev–Trinajstić information content (AvgIpc) is 2.26. The fraction of sp³-hybridized carbons (Fsp3) is 0.250. The van der Waals surface area contributed by atoms with Crippen LogP contribution in [0.3, 0.4) is 0 Å². The largest absolute Gasteiger partial charge is 0.480 e. The van der Waals surface area contributed by atoms with E-state index in [1.165, 1.54) is 6.08 Å². The zero-order valence-corrected chi connectivity index (χ0v) is 7.20. The molecule has 2 N–H and O–H groups in total. The molecule has 0 unspecified atom stereocenters. The number of rotatable bonds is 3. The van der Waals surface area contributed by atoms with Crippen LogP contribution in [0.5, 0.6) is 0 Å². The standard InChI is InChI=1S/C8H10N2O3/c1-3-6-5(2)9-10(8(6)13)4-7(11)12/h3,9H,1,4H2,2H3,(H,11,12). The van der Waals surface area contributed by atoms with Gasteiger partial charge in [0.05, 0.1) is 5.56 Å². The van der Waals surface area contributed by atoms with Crippen molar-refractivity contribution in [2.75, 3.05) is 0 Å². The van der Waals surface area contributed by atoms with Crippen LogP contribution < -0.4 is 5.56 Å². The summed E-state index contributed by atoms with van der Waals surface area (Å²) in [5, 5.41) is 11.1. The molecule has 0 atom stereocenters. The molecule has 1 heterocycles. The summed E-state index contributed by atoms with van der Waals surface area (Å²) in [6, 6.07) is 0. The van der Waals surface area contributed by atoms with Crippen molar-refractivity contribution < 1.29 is 9.90 Å². The Kier molecular flexibility index (Phi) is 2.36. The van der Waals surface area contributed by atoms with E-state index in [4.69, 9.17) is 5.11 Å². The van der Waals surface area contributed by atoms with Gasteiger partial charge in [0.15, 0.2) is 0 Å². The zero-order valence-electron chi connectivity index (χ0n) is 7.20. The van der Waals surface area contributed by atoms with Crippen molar-refractivity contribution in [1.82, 2.24) is 9.78 Å². The molecular formula is C8H10N2O3. The molecule has 5 nitrogen and oxygen atoms in total. The first kappa shape index (κ1) is 9.31. The molecule has 0 saturated carbocycles. The van der Waals surface area contributed by atoms with Gasteiger partial charge in [-0.05, 0) is 6.92 Å². The molecule has 0 saturated heterocycles. The van der Waals surface area contributed by atoms with Crippen molar-refractivity contribution in [2.45, 2.75) is 13.5 Å². The minimum Gasteiger partial charge on any atom is -0.480 e. The maximum absolute atomic E-state index is 11.4. The second-order valence-corrected chi connectivity index (χ2v) is 2.64. The number of carboxylic acids is 1. The first-order valence-electron chi connectivity index (χ1n) is 3.70. The van der Waals surface area contributed by atoms with Crippen LogP contribution >= 0.6 is 0 Å². The van der Waals surface area contributed by atoms with E-state index >= 15 is 0 Å². The van der Waals surface area contributed by atoms with Gasteiger partial charge in [0, 0.05) is 5.69 Å². The van der Waals surface area contributed by atoms with Gasteiger partial charge < -0.3 is 5.11 Å². The maximum Gasteiger partial charge on any atom is 0.325 e. The Morgan fingerprint density at radius 2 is 2.38 bits per heavy atom. The van der Waals surface area contributed by atoms with Crippen molar-refractivity contribution >= 4 is 12.0 Å². The Morgan fingerprint density at radius 3 is 2.77 bits per heavy atom. The summed E-state index contributed by atoms with van der Waals surface area (Å²) in [5.74, 6) is -1.06. The molecule has 0 bridgehead atoms. The van der Waals surface area contributed by atoms with Gasteiger partial charge >= 0.3 is 5.97 Å². The summed E-state index contributed by atoms with van der Waals surface area (Å²) in [5.41, 5.74) is 0.692. The molecule has 0 radical (unpaired) electrons. The molecule has 1 rings (SSSR count). The van der Waals surface area contributed by atoms with Crippen LogP contribution in [-0.2, 0) is 11.3 Å². The van der Waals surface area contributed by atoms with Crippen molar-refractivity contribution in [1.29, 1.82) is 0 Å². The van der Waals surface area contributed by atoms with Crippen LogP contribution in [-0.4, -0.2) is 20.9 Å². The summed E-state index contributed by atoms with van der Waals surface area (Å²) >= 11 is 0. The quantitative estimate of drug-likeness (QED) is 0.701. The van der Waals surface area contributed by atoms with Crippen LogP contribution in [0.4, 0.5) is 0 Å². The second-order valence-electron chi connectivity index (χ2n) is 2.64. The topological polar surface area (TPSA) is 75.1 Å². The predicted molar refractivity (Wildman–Crippen MR) is 47.5 cm³/mol. The van der Waals surface area contributed by atoms with Gasteiger partial charge in [-0.25, -0.2) is 4.68 Å². The van der Waals surface area contributed by atoms with E-state index in [9.17, 15) is 9.59 Å². The highest BCUT2D eigenvalue weighted by Gasteiger charge is 2.09. The van der Waals surface area contributed by atoms with Gasteiger partial charge in [-0.15, -0.1) is 0 Å². The lowest BCUT2D eigenvalue weighted by Gasteiger charge is -1.93. The number of carbonyl (C=O) groups is 1. The fourth-order valence-electron chi connectivity index (χ4n) is 1.11. The van der Waals surface area contributed by atoms with Crippen LogP contribution in [0.2, 0.25) is 0 Å². The molecule has 0 spiro atoms. The minimum absolute atomic E-state index is 0.352. The van der Waals surface area contributed by atoms with Crippen LogP contribution in [0.15, 0.2) is 11.4 Å². The fourth-order valence-corrected chi connectivity index (χ4v) is 1.11. The molecule has 0 aliphatic carbocycles. The molecule has 0 amide bonds. The van der Waals surface area contributed by atoms with Crippen molar-refractivity contribution in [3.63, 3.8) is 0 Å². The molecular weight excluding hydrogens is 172 g/mol. The first-order valence-corrected chi connectivity index (χ1v) is 3.70. The van der Waals surface area contributed by atoms with E-state index in [1.807, 2.05) is 0 Å². The average molecular weight is 182 g/mol. The van der Waals surface area contributed by atoms with Crippen molar-refractivity contribution in [3.8, 4) is 0 Å². The lowest BCUT2D eigenvalue weighted by Crippen LogP contribution is -2.22. The summed E-state index contributed by atoms with van der Waals surface area (Å²) < 4.78 is 1.04. The molecule has 13 heavy (non-hydrogen) atoms. The minimum atomic E-state index is -1.06. The second kappa shape index (κ2) is 3.30. The molecule has 1 aromatic rings. The third-order valence-corrected chi connectivity index (χ3v) is 1.68. The molecule has 5 heteroatoms. The maximum atomic E-state index is 11.4. The molecule has 0 aromatic carbocycles. The Labute approximate surface area is 74.3 Å². The highest BCUT2D eigenvalue weighted by atomic mass is 16.4. The summed E-state index contributed by atoms with van der Waals surface area (Å²) in [6.07, 6.45) is 1.41. The highest BCUT2D eigenvalue weighted by Crippen LogP contribution is 1.99. The van der Waals surface area contributed by atoms with E-state index in [-0.39, 0.29) is 12.1 Å². The summed E-state index contributed by atoms with van der Waals surface area (Å²) in [6.45, 7) is 4.80. The van der Waals surface area contributed by atoms with Gasteiger partial charge in [0.1, 0.15) is 6.54 Å². The van der Waals surface area contributed by atoms with Crippen LogP contribution in [0.1, 0.15) is 11.3 Å². The third-order valence-electron chi connectivity index (χ3n) is 1.68. The number of nitrogens with zero attached hydrogens (tertiary/aromatic N) is 1. The van der Waals surface area contributed by atoms with E-state index in [0.29, 0.717) is 11.3 Å². The molecule has 0 aliphatic heterocycles. The summed E-state index contributed by atoms with van der Waals surface area (Å²) in [7, 11) is 0. The Balaban J connectivity index is 3.18. The molecule has 0 aliphatic rings. The van der Waals surface area contributed by atoms with Crippen molar-refractivity contribution in [3.05, 3.63) is 28.2 Å². The number of aromatic amines is 1. The number of aromatic nitrogens is 2. The SMILES string of the molecule is C=Cc1c(C)[nH]n(CC(=O)O)c1=O. The third kappa shape index (κ3) is 1.69. The van der Waals surface area contributed by atoms with Crippen molar-refractivity contribution in [2.24, 2.45) is 0 Å². The first-order chi connectivity index (χ1) is 6.06. The Bertz CT molecular complexity index is 400. The number of aliphatic carboxylic acids is 1. The zero-order chi connectivity index (χ0) is 10.0. The van der Waals surface area contributed by atoms with E-state index in [1.54, 1.807) is 6.92 Å². The Hall–Kier alpha value is -1.78. The number of hydrogen-bond donors (Lipinski definition) is 2. The number of nitrogens with one attached hydrogen (secondary N) is 1. The predicted octanol–water partition coefficient (Wildman–Crippen LogP) is 0.212. The highest BCUT2D eigenvalue weighted by molar-refractivity contribution is 5.66. The van der Waals surface area contributed by atoms with Gasteiger partial charge in [0.25, 0.3) is 5.56 Å². The van der Waals surface area contributed by atoms with Gasteiger partial charge in [0.2, 0.25) is 0 Å². The monoisotopic (exact) mass is 182 g/mol. The normalized spacial score (nSPS) is 9.92. The lowest BCUT2D eigenvalue weighted by molar-refractivity contribution is -0.137. The van der Waals surface area contributed by atoms with E-state index in [0.717, 1.165) is 4.68 Å². The van der Waals surface area contributed by atoms with Crippen LogP contribution in [0, 0.1) is 6.92 Å². The lowest BCUT2D eigenvalue weighted by atomic mass is 10.3. The van der Waals surface area contributed by atoms with Gasteiger partial charge in [-0.1, -0.05) is 12.7 Å². The van der Waals surface area contributed by atoms with Crippen LogP contribution in [0.25, 0.3) is 6.08 Å². The van der Waals surface area contributed by atoms with Gasteiger partial charge in [-0.3, -0.25) is 14.7 Å². The summed E-state index contributed by atoms with van der Waals surface area (Å²) in [4.78, 5) is 21.7. The van der Waals surface area contributed by atoms with E-state index in [2.05, 4.69) is 11.7 Å². The van der Waals surface area contributed by atoms with Gasteiger partial charge in [-0.2, -0.15) is 0 Å². The molecule has 70 valence electrons. The smallest absolute Gasteiger partial charge is 0.325 e. The van der Waals surface area contributed by atoms with E-state index < -0.39 is 5.97 Å². The molecule has 0 fully saturated rings. The Morgan fingerprint density at radius 1 is 1.77 bits per heavy atom. The number of H-pyrrole nitrogens is 1. The number of carboxylic acid groups (broad SMARTS) is 1. The number of hydrogen-bond acceptors (Lipinski definition) is 2. The number of aryl methyl sites for hydroxylation is 1.